The molecule has 8 nitrogen and oxygen atoms in total. The molecule has 1 aromatic heterocycles. The van der Waals surface area contributed by atoms with Crippen molar-refractivity contribution in [1.82, 2.24) is 20.5 Å². The van der Waals surface area contributed by atoms with Crippen LogP contribution in [0.1, 0.15) is 25.3 Å². The van der Waals surface area contributed by atoms with Crippen LogP contribution in [0.15, 0.2) is 23.3 Å². The Morgan fingerprint density at radius 2 is 2.11 bits per heavy atom. The zero-order valence-corrected chi connectivity index (χ0v) is 16.5. The van der Waals surface area contributed by atoms with Gasteiger partial charge in [0.15, 0.2) is 5.96 Å². The number of nitrogens with zero attached hydrogens (tertiary/aromatic N) is 3. The Morgan fingerprint density at radius 1 is 1.30 bits per heavy atom. The fourth-order valence-corrected chi connectivity index (χ4v) is 2.69. The summed E-state index contributed by atoms with van der Waals surface area (Å²) in [4.78, 5) is 23.2. The summed E-state index contributed by atoms with van der Waals surface area (Å²) in [6.07, 6.45) is 3.10. The summed E-state index contributed by atoms with van der Waals surface area (Å²) in [6.45, 7) is 10.8. The Bertz CT molecular complexity index is 584. The molecule has 3 N–H and O–H groups in total. The number of carbonyl (C=O) groups is 1. The summed E-state index contributed by atoms with van der Waals surface area (Å²) in [5.74, 6) is 1.26. The van der Waals surface area contributed by atoms with Gasteiger partial charge in [-0.2, -0.15) is 0 Å². The number of guanidine groups is 1. The van der Waals surface area contributed by atoms with Gasteiger partial charge in [0.2, 0.25) is 5.91 Å². The Labute approximate surface area is 161 Å². The maximum absolute atomic E-state index is 12.0. The first-order chi connectivity index (χ1) is 13.2. The van der Waals surface area contributed by atoms with Crippen molar-refractivity contribution in [2.45, 2.75) is 26.7 Å². The van der Waals surface area contributed by atoms with Crippen LogP contribution in [0.4, 0.5) is 5.82 Å². The molecule has 27 heavy (non-hydrogen) atoms. The number of morpholine rings is 1. The number of pyridine rings is 1. The Kier molecular flexibility index (Phi) is 9.57. The van der Waals surface area contributed by atoms with E-state index in [1.807, 2.05) is 19.9 Å². The van der Waals surface area contributed by atoms with Gasteiger partial charge >= 0.3 is 0 Å². The first kappa shape index (κ1) is 21.1. The lowest BCUT2D eigenvalue weighted by molar-refractivity contribution is -0.116. The highest BCUT2D eigenvalue weighted by atomic mass is 16.5. The lowest BCUT2D eigenvalue weighted by atomic mass is 10.3. The molecule has 0 bridgehead atoms. The number of aliphatic imine (C=N–C) groups is 1. The van der Waals surface area contributed by atoms with E-state index in [0.717, 1.165) is 63.9 Å². The quantitative estimate of drug-likeness (QED) is 0.338. The summed E-state index contributed by atoms with van der Waals surface area (Å²) >= 11 is 0. The molecule has 1 fully saturated rings. The first-order valence-corrected chi connectivity index (χ1v) is 9.72. The molecule has 0 aliphatic carbocycles. The Balaban J connectivity index is 1.64. The van der Waals surface area contributed by atoms with Crippen molar-refractivity contribution in [1.29, 1.82) is 0 Å². The molecule has 0 saturated carbocycles. The fraction of sp³-hybridized carbons (Fsp3) is 0.632. The number of nitrogens with one attached hydrogen (secondary N) is 3. The lowest BCUT2D eigenvalue weighted by Gasteiger charge is -2.26. The highest BCUT2D eigenvalue weighted by Crippen LogP contribution is 2.04. The molecule has 150 valence electrons. The molecule has 2 rings (SSSR count). The van der Waals surface area contributed by atoms with Crippen LogP contribution in [0.2, 0.25) is 0 Å². The molecule has 0 unspecified atom stereocenters. The van der Waals surface area contributed by atoms with E-state index in [9.17, 15) is 4.79 Å². The standard InChI is InChI=1S/C19H32N6O2/c1-3-20-19(21-8-4-10-25-11-13-27-14-12-25)22-9-7-18(26)24-17-6-5-16(2)15-23-17/h5-6,15H,3-4,7-14H2,1-2H3,(H2,20,21,22)(H,23,24,26). The average molecular weight is 377 g/mol. The van der Waals surface area contributed by atoms with Crippen molar-refractivity contribution in [2.75, 3.05) is 57.8 Å². The number of amides is 1. The van der Waals surface area contributed by atoms with E-state index in [-0.39, 0.29) is 5.91 Å². The van der Waals surface area contributed by atoms with Gasteiger partial charge in [-0.15, -0.1) is 0 Å². The van der Waals surface area contributed by atoms with Gasteiger partial charge in [-0.1, -0.05) is 6.07 Å². The summed E-state index contributed by atoms with van der Waals surface area (Å²) in [6, 6.07) is 3.73. The Morgan fingerprint density at radius 3 is 2.81 bits per heavy atom. The minimum absolute atomic E-state index is 0.0676. The number of aryl methyl sites for hydroxylation is 1. The van der Waals surface area contributed by atoms with Crippen LogP contribution in [-0.2, 0) is 9.53 Å². The van der Waals surface area contributed by atoms with Gasteiger partial charge in [0, 0.05) is 51.9 Å². The maximum atomic E-state index is 12.0. The predicted molar refractivity (Wildman–Crippen MR) is 108 cm³/mol. The molecule has 8 heteroatoms. The number of rotatable bonds is 9. The summed E-state index contributed by atoms with van der Waals surface area (Å²) in [7, 11) is 0. The van der Waals surface area contributed by atoms with Crippen LogP contribution in [0.3, 0.4) is 0 Å². The highest BCUT2D eigenvalue weighted by molar-refractivity contribution is 5.90. The van der Waals surface area contributed by atoms with E-state index in [4.69, 9.17) is 4.74 Å². The van der Waals surface area contributed by atoms with Crippen LogP contribution < -0.4 is 16.0 Å². The molecule has 0 radical (unpaired) electrons. The van der Waals surface area contributed by atoms with Crippen molar-refractivity contribution in [2.24, 2.45) is 4.99 Å². The minimum Gasteiger partial charge on any atom is -0.379 e. The first-order valence-electron chi connectivity index (χ1n) is 9.72. The summed E-state index contributed by atoms with van der Waals surface area (Å²) in [5, 5.41) is 9.22. The number of carbonyl (C=O) groups excluding carboxylic acids is 1. The lowest BCUT2D eigenvalue weighted by Crippen LogP contribution is -2.39. The number of ether oxygens (including phenoxy) is 1. The minimum atomic E-state index is -0.0676. The SMILES string of the molecule is CCNC(=NCCCN1CCOCC1)NCCC(=O)Nc1ccc(C)cn1. The monoisotopic (exact) mass is 376 g/mol. The topological polar surface area (TPSA) is 90.9 Å². The van der Waals surface area contributed by atoms with Gasteiger partial charge in [-0.05, 0) is 31.9 Å². The third kappa shape index (κ3) is 8.83. The van der Waals surface area contributed by atoms with Gasteiger partial charge in [0.25, 0.3) is 0 Å². The smallest absolute Gasteiger partial charge is 0.227 e. The maximum Gasteiger partial charge on any atom is 0.227 e. The van der Waals surface area contributed by atoms with Crippen molar-refractivity contribution >= 4 is 17.7 Å². The zero-order valence-electron chi connectivity index (χ0n) is 16.5. The molecule has 1 aromatic rings. The second-order valence-electron chi connectivity index (χ2n) is 6.51. The van der Waals surface area contributed by atoms with E-state index in [1.54, 1.807) is 12.3 Å². The second-order valence-corrected chi connectivity index (χ2v) is 6.51. The van der Waals surface area contributed by atoms with Crippen molar-refractivity contribution in [3.05, 3.63) is 23.9 Å². The third-order valence-corrected chi connectivity index (χ3v) is 4.17. The van der Waals surface area contributed by atoms with E-state index in [2.05, 4.69) is 30.8 Å². The van der Waals surface area contributed by atoms with Crippen LogP contribution >= 0.6 is 0 Å². The van der Waals surface area contributed by atoms with Gasteiger partial charge in [0.1, 0.15) is 5.82 Å². The number of aromatic nitrogens is 1. The van der Waals surface area contributed by atoms with E-state index >= 15 is 0 Å². The third-order valence-electron chi connectivity index (χ3n) is 4.17. The van der Waals surface area contributed by atoms with E-state index < -0.39 is 0 Å². The van der Waals surface area contributed by atoms with Crippen molar-refractivity contribution < 1.29 is 9.53 Å². The Hall–Kier alpha value is -2.19. The van der Waals surface area contributed by atoms with Crippen molar-refractivity contribution in [3.63, 3.8) is 0 Å². The highest BCUT2D eigenvalue weighted by Gasteiger charge is 2.09. The summed E-state index contributed by atoms with van der Waals surface area (Å²) < 4.78 is 5.36. The molecule has 2 heterocycles. The van der Waals surface area contributed by atoms with Gasteiger partial charge in [-0.3, -0.25) is 14.7 Å². The molecule has 0 aromatic carbocycles. The number of hydrogen-bond acceptors (Lipinski definition) is 5. The normalized spacial score (nSPS) is 15.4. The molecule has 1 saturated heterocycles. The predicted octanol–water partition coefficient (Wildman–Crippen LogP) is 0.996. The number of hydrogen-bond donors (Lipinski definition) is 3. The zero-order chi connectivity index (χ0) is 19.3. The molecule has 1 aliphatic heterocycles. The molecule has 0 atom stereocenters. The fourth-order valence-electron chi connectivity index (χ4n) is 2.69. The average Bonchev–Trinajstić information content (AvgIpc) is 2.68. The van der Waals surface area contributed by atoms with E-state index in [0.29, 0.717) is 18.8 Å². The van der Waals surface area contributed by atoms with Crippen LogP contribution in [0, 0.1) is 6.92 Å². The van der Waals surface area contributed by atoms with Gasteiger partial charge in [0.05, 0.1) is 13.2 Å². The van der Waals surface area contributed by atoms with E-state index in [1.165, 1.54) is 0 Å². The molecule has 0 spiro atoms. The van der Waals surface area contributed by atoms with Crippen LogP contribution in [0.25, 0.3) is 0 Å². The molecular formula is C19H32N6O2. The second kappa shape index (κ2) is 12.2. The van der Waals surface area contributed by atoms with Gasteiger partial charge in [-0.25, -0.2) is 4.98 Å². The van der Waals surface area contributed by atoms with Gasteiger partial charge < -0.3 is 20.7 Å². The molecule has 1 amide bonds. The number of anilines is 1. The molecule has 1 aliphatic rings. The van der Waals surface area contributed by atoms with Crippen LogP contribution in [-0.4, -0.2) is 74.2 Å². The largest absolute Gasteiger partial charge is 0.379 e. The van der Waals surface area contributed by atoms with Crippen molar-refractivity contribution in [3.8, 4) is 0 Å². The molecular weight excluding hydrogens is 344 g/mol. The van der Waals surface area contributed by atoms with Crippen LogP contribution in [0.5, 0.6) is 0 Å². The summed E-state index contributed by atoms with van der Waals surface area (Å²) in [5.41, 5.74) is 1.06.